The number of nitrogens with two attached hydrogens (primary N) is 1. The Morgan fingerprint density at radius 1 is 1.39 bits per heavy atom. The van der Waals surface area contributed by atoms with Gasteiger partial charge in [0.15, 0.2) is 0 Å². The van der Waals surface area contributed by atoms with Crippen LogP contribution in [0.3, 0.4) is 0 Å². The molecule has 2 rings (SSSR count). The quantitative estimate of drug-likeness (QED) is 0.848. The molecule has 0 saturated heterocycles. The third-order valence-electron chi connectivity index (χ3n) is 2.34. The molecule has 0 atom stereocenters. The highest BCUT2D eigenvalue weighted by atomic mass is 127. The first-order chi connectivity index (χ1) is 8.58. The van der Waals surface area contributed by atoms with Crippen molar-refractivity contribution in [3.05, 3.63) is 39.6 Å². The average Bonchev–Trinajstić information content (AvgIpc) is 2.63. The van der Waals surface area contributed by atoms with Crippen molar-refractivity contribution in [1.82, 2.24) is 9.78 Å². The summed E-state index contributed by atoms with van der Waals surface area (Å²) in [6.07, 6.45) is 1.62. The number of para-hydroxylation sites is 1. The Labute approximate surface area is 116 Å². The molecule has 7 heteroatoms. The van der Waals surface area contributed by atoms with Gasteiger partial charge in [-0.1, -0.05) is 18.2 Å². The predicted octanol–water partition coefficient (Wildman–Crippen LogP) is 2.72. The van der Waals surface area contributed by atoms with Gasteiger partial charge in [0, 0.05) is 5.56 Å². The molecule has 0 aliphatic heterocycles. The molecule has 1 heterocycles. The van der Waals surface area contributed by atoms with E-state index in [4.69, 9.17) is 5.73 Å². The first-order valence-corrected chi connectivity index (χ1v) is 6.15. The lowest BCUT2D eigenvalue weighted by molar-refractivity contribution is -0.0505. The molecule has 0 spiro atoms. The first kappa shape index (κ1) is 13.1. The molecular weight excluding hydrogens is 355 g/mol. The topological polar surface area (TPSA) is 53.1 Å². The molecule has 0 radical (unpaired) electrons. The molecule has 0 saturated carbocycles. The second-order valence-electron chi connectivity index (χ2n) is 3.52. The number of nitrogens with zero attached hydrogens (tertiary/aromatic N) is 2. The van der Waals surface area contributed by atoms with Gasteiger partial charge in [-0.2, -0.15) is 13.9 Å². The summed E-state index contributed by atoms with van der Waals surface area (Å²) in [6, 6.07) is 6.58. The van der Waals surface area contributed by atoms with Crippen LogP contribution in [0.25, 0.3) is 0 Å². The largest absolute Gasteiger partial charge is 0.434 e. The number of benzene rings is 1. The third kappa shape index (κ3) is 2.89. The van der Waals surface area contributed by atoms with E-state index in [0.717, 1.165) is 3.57 Å². The van der Waals surface area contributed by atoms with Crippen LogP contribution in [0.5, 0.6) is 5.75 Å². The van der Waals surface area contributed by atoms with Crippen molar-refractivity contribution in [2.75, 3.05) is 5.73 Å². The van der Waals surface area contributed by atoms with Crippen LogP contribution in [0, 0.1) is 3.57 Å². The van der Waals surface area contributed by atoms with E-state index in [0.29, 0.717) is 11.4 Å². The second kappa shape index (κ2) is 5.51. The summed E-state index contributed by atoms with van der Waals surface area (Å²) < 4.78 is 31.3. The zero-order valence-corrected chi connectivity index (χ0v) is 11.3. The van der Waals surface area contributed by atoms with Crippen LogP contribution in [0.15, 0.2) is 30.5 Å². The van der Waals surface area contributed by atoms with Gasteiger partial charge in [0.25, 0.3) is 0 Å². The van der Waals surface area contributed by atoms with Crippen molar-refractivity contribution in [3.8, 4) is 5.75 Å². The molecule has 0 fully saturated rings. The van der Waals surface area contributed by atoms with Gasteiger partial charge in [-0.15, -0.1) is 0 Å². The molecule has 0 aliphatic carbocycles. The van der Waals surface area contributed by atoms with E-state index in [1.54, 1.807) is 24.4 Å². The van der Waals surface area contributed by atoms with Gasteiger partial charge in [-0.25, -0.2) is 4.68 Å². The molecule has 1 aromatic heterocycles. The highest BCUT2D eigenvalue weighted by molar-refractivity contribution is 14.1. The highest BCUT2D eigenvalue weighted by Gasteiger charge is 2.11. The Morgan fingerprint density at radius 3 is 2.72 bits per heavy atom. The summed E-state index contributed by atoms with van der Waals surface area (Å²) in [7, 11) is 0. The number of hydrogen-bond donors (Lipinski definition) is 1. The van der Waals surface area contributed by atoms with Crippen molar-refractivity contribution in [1.29, 1.82) is 0 Å². The molecule has 2 N–H and O–H groups in total. The Morgan fingerprint density at radius 2 is 2.11 bits per heavy atom. The van der Waals surface area contributed by atoms with E-state index >= 15 is 0 Å². The molecule has 96 valence electrons. The second-order valence-corrected chi connectivity index (χ2v) is 4.68. The smallest absolute Gasteiger partial charge is 0.387 e. The maximum absolute atomic E-state index is 12.3. The average molecular weight is 365 g/mol. The summed E-state index contributed by atoms with van der Waals surface area (Å²) in [5.74, 6) is 0.639. The number of hydrogen-bond acceptors (Lipinski definition) is 3. The van der Waals surface area contributed by atoms with Gasteiger partial charge in [-0.05, 0) is 28.7 Å². The van der Waals surface area contributed by atoms with E-state index in [-0.39, 0.29) is 12.3 Å². The van der Waals surface area contributed by atoms with Gasteiger partial charge < -0.3 is 10.5 Å². The fraction of sp³-hybridized carbons (Fsp3) is 0.182. The first-order valence-electron chi connectivity index (χ1n) is 5.07. The summed E-state index contributed by atoms with van der Waals surface area (Å²) in [5, 5.41) is 4.07. The van der Waals surface area contributed by atoms with Crippen LogP contribution in [0.1, 0.15) is 5.56 Å². The minimum Gasteiger partial charge on any atom is -0.434 e. The summed E-state index contributed by atoms with van der Waals surface area (Å²) in [6.45, 7) is -2.56. The number of alkyl halides is 2. The lowest BCUT2D eigenvalue weighted by Crippen LogP contribution is -2.09. The zero-order chi connectivity index (χ0) is 13.1. The molecule has 0 bridgehead atoms. The molecule has 0 aliphatic rings. The van der Waals surface area contributed by atoms with Crippen LogP contribution in [0.2, 0.25) is 0 Å². The Kier molecular flexibility index (Phi) is 4.00. The molecule has 0 unspecified atom stereocenters. The van der Waals surface area contributed by atoms with E-state index in [1.807, 2.05) is 0 Å². The number of rotatable bonds is 4. The maximum Gasteiger partial charge on any atom is 0.387 e. The van der Waals surface area contributed by atoms with Crippen molar-refractivity contribution >= 4 is 28.4 Å². The molecule has 2 aromatic rings. The number of halogens is 3. The monoisotopic (exact) mass is 365 g/mol. The Bertz CT molecular complexity index is 545. The Balaban J connectivity index is 2.26. The fourth-order valence-corrected chi connectivity index (χ4v) is 1.91. The van der Waals surface area contributed by atoms with E-state index in [2.05, 4.69) is 32.4 Å². The van der Waals surface area contributed by atoms with E-state index in [9.17, 15) is 8.78 Å². The maximum atomic E-state index is 12.3. The van der Waals surface area contributed by atoms with Gasteiger partial charge in [0.1, 0.15) is 11.6 Å². The standard InChI is InChI=1S/C11H10F2IN3O/c12-11(13)18-9-4-2-1-3-7(9)6-17-10(15)8(14)5-16-17/h1-5,11H,6,15H2. The summed E-state index contributed by atoms with van der Waals surface area (Å²) in [4.78, 5) is 0. The van der Waals surface area contributed by atoms with Gasteiger partial charge in [-0.3, -0.25) is 0 Å². The van der Waals surface area contributed by atoms with Crippen LogP contribution in [-0.2, 0) is 6.54 Å². The summed E-state index contributed by atoms with van der Waals surface area (Å²) >= 11 is 2.06. The Hall–Kier alpha value is -1.38. The number of nitrogen functional groups attached to an aromatic ring is 1. The van der Waals surface area contributed by atoms with Crippen molar-refractivity contribution < 1.29 is 13.5 Å². The van der Waals surface area contributed by atoms with Crippen molar-refractivity contribution in [2.24, 2.45) is 0 Å². The van der Waals surface area contributed by atoms with Crippen LogP contribution >= 0.6 is 22.6 Å². The molecule has 1 aromatic carbocycles. The zero-order valence-electron chi connectivity index (χ0n) is 9.19. The van der Waals surface area contributed by atoms with Crippen molar-refractivity contribution in [2.45, 2.75) is 13.2 Å². The molecule has 18 heavy (non-hydrogen) atoms. The number of anilines is 1. The third-order valence-corrected chi connectivity index (χ3v) is 3.17. The normalized spacial score (nSPS) is 10.9. The SMILES string of the molecule is Nc1c(I)cnn1Cc1ccccc1OC(F)F. The fourth-order valence-electron chi connectivity index (χ4n) is 1.50. The lowest BCUT2D eigenvalue weighted by Gasteiger charge is -2.11. The van der Waals surface area contributed by atoms with Crippen LogP contribution in [0.4, 0.5) is 14.6 Å². The lowest BCUT2D eigenvalue weighted by atomic mass is 10.2. The minimum atomic E-state index is -2.85. The van der Waals surface area contributed by atoms with E-state index in [1.165, 1.54) is 10.7 Å². The minimum absolute atomic E-state index is 0.136. The van der Waals surface area contributed by atoms with Crippen molar-refractivity contribution in [3.63, 3.8) is 0 Å². The molecular formula is C11H10F2IN3O. The number of ether oxygens (including phenoxy) is 1. The van der Waals surface area contributed by atoms with Crippen LogP contribution in [-0.4, -0.2) is 16.4 Å². The highest BCUT2D eigenvalue weighted by Crippen LogP contribution is 2.23. The molecule has 4 nitrogen and oxygen atoms in total. The molecule has 0 amide bonds. The predicted molar refractivity (Wildman–Crippen MR) is 71.5 cm³/mol. The summed E-state index contributed by atoms with van der Waals surface area (Å²) in [5.41, 5.74) is 6.41. The van der Waals surface area contributed by atoms with E-state index < -0.39 is 6.61 Å². The van der Waals surface area contributed by atoms with Crippen LogP contribution < -0.4 is 10.5 Å². The van der Waals surface area contributed by atoms with Gasteiger partial charge >= 0.3 is 6.61 Å². The number of aromatic nitrogens is 2. The van der Waals surface area contributed by atoms with Gasteiger partial charge in [0.05, 0.1) is 16.3 Å². The van der Waals surface area contributed by atoms with Gasteiger partial charge in [0.2, 0.25) is 0 Å².